The molecule has 0 heterocycles. The van der Waals surface area contributed by atoms with Gasteiger partial charge in [0, 0.05) is 75.5 Å². The minimum atomic E-state index is -4.02. The van der Waals surface area contributed by atoms with Crippen molar-refractivity contribution in [1.82, 2.24) is 0 Å². The lowest BCUT2D eigenvalue weighted by molar-refractivity contribution is -0.154. The number of aryl methyl sites for hydroxylation is 4. The van der Waals surface area contributed by atoms with Crippen LogP contribution in [0.25, 0.3) is 0 Å². The van der Waals surface area contributed by atoms with Crippen molar-refractivity contribution < 1.29 is 64.6 Å². The largest absolute Gasteiger partial charge is 0.463 e. The number of hydrogen-bond acceptors (Lipinski definition) is 16. The molecule has 92 heavy (non-hydrogen) atoms. The van der Waals surface area contributed by atoms with Crippen molar-refractivity contribution in [3.63, 3.8) is 0 Å². The maximum atomic E-state index is 13.7. The van der Waals surface area contributed by atoms with Gasteiger partial charge in [-0.25, -0.2) is 16.8 Å². The fourth-order valence-corrected chi connectivity index (χ4v) is 16.8. The van der Waals surface area contributed by atoms with Crippen LogP contribution in [0.2, 0.25) is 0 Å². The van der Waals surface area contributed by atoms with Crippen LogP contribution in [-0.4, -0.2) is 140 Å². The lowest BCUT2D eigenvalue weighted by Gasteiger charge is -2.21. The topological polar surface area (TPSA) is 208 Å². The number of carbonyl (C=O) groups excluding carboxylic acids is 6. The zero-order chi connectivity index (χ0) is 67.5. The molecule has 6 aromatic carbocycles. The second kappa shape index (κ2) is 38.0. The molecule has 2 atom stereocenters. The molecule has 0 spiro atoms. The number of thioether (sulfide) groups is 2. The Labute approximate surface area is 558 Å². The molecule has 0 aromatic heterocycles. The number of esters is 2. The standard InChI is InChI=1S/C36H45O9PS2.C36H45O5PS2/c1-26-8-16-31(17-9-26)47(40,41)23-30(24-48(42,43)32-18-10-27(2)11-19-32)34(38)29-14-12-28(13-15-29)33(37)7-6-20-44-21-22-45-35(39)36(3,4)25-46-5;1-26-8-16-31(17-9-26)43-23-30(24-44-32-18-10-27(2)11-19-32)34(38)29-14-12-28(13-15-29)33(37)7-6-20-40-21-22-41-35(39)36(3,4)25-42-5/h8-19,30,46H,6-7,20-25H2,1-5H3;8-19,30,42H,6-7,20-25H2,1-5H3. The maximum absolute atomic E-state index is 13.7. The number of benzene rings is 6. The SMILES string of the molecule is CPCC(C)(C)C(=O)OCCOCCCC(=O)c1ccc(C(=O)C(CS(=O)(=O)c2ccc(C)cc2)CS(=O)(=O)c2ccc(C)cc2)cc1.CPCC(C)(C)C(=O)OCCOCCCC(=O)c1ccc(C(=O)C(CSc2ccc(C)cc2)CSc2ccc(C)cc2)cc1. The lowest BCUT2D eigenvalue weighted by Crippen LogP contribution is -2.31. The van der Waals surface area contributed by atoms with E-state index in [-0.39, 0.29) is 76.8 Å². The van der Waals surface area contributed by atoms with Gasteiger partial charge >= 0.3 is 11.9 Å². The number of carbonyl (C=O) groups is 6. The Kier molecular flexibility index (Phi) is 31.8. The van der Waals surface area contributed by atoms with Crippen LogP contribution < -0.4 is 0 Å². The summed E-state index contributed by atoms with van der Waals surface area (Å²) in [6.45, 7) is 21.0. The monoisotopic (exact) mass is 1370 g/mol. The minimum absolute atomic E-state index is 0.000710. The number of ether oxygens (including phenoxy) is 4. The Morgan fingerprint density at radius 2 is 0.717 bits per heavy atom. The van der Waals surface area contributed by atoms with Gasteiger partial charge < -0.3 is 18.9 Å². The van der Waals surface area contributed by atoms with E-state index in [9.17, 15) is 45.6 Å². The van der Waals surface area contributed by atoms with Crippen molar-refractivity contribution in [2.24, 2.45) is 22.7 Å². The molecule has 496 valence electrons. The molecule has 2 unspecified atom stereocenters. The molecule has 0 N–H and O–H groups in total. The highest BCUT2D eigenvalue weighted by Crippen LogP contribution is 2.31. The lowest BCUT2D eigenvalue weighted by atomic mass is 9.97. The molecule has 0 aliphatic heterocycles. The van der Waals surface area contributed by atoms with Crippen molar-refractivity contribution in [1.29, 1.82) is 0 Å². The van der Waals surface area contributed by atoms with Gasteiger partial charge in [0.15, 0.2) is 42.8 Å². The van der Waals surface area contributed by atoms with E-state index in [4.69, 9.17) is 18.9 Å². The maximum Gasteiger partial charge on any atom is 0.311 e. The number of Topliss-reactive ketones (excluding diaryl/α,β-unsaturated/α-hetero) is 4. The van der Waals surface area contributed by atoms with Crippen LogP contribution in [0.15, 0.2) is 165 Å². The summed E-state index contributed by atoms with van der Waals surface area (Å²) >= 11 is 3.40. The van der Waals surface area contributed by atoms with Gasteiger partial charge in [-0.15, -0.1) is 40.7 Å². The van der Waals surface area contributed by atoms with E-state index in [1.807, 2.05) is 48.2 Å². The first-order chi connectivity index (χ1) is 43.6. The number of ketones is 4. The summed E-state index contributed by atoms with van der Waals surface area (Å²) < 4.78 is 75.1. The zero-order valence-electron chi connectivity index (χ0n) is 54.7. The average Bonchev–Trinajstić information content (AvgIpc) is 0.940. The third-order valence-electron chi connectivity index (χ3n) is 14.9. The molecular formula is C72H90O14P2S4. The van der Waals surface area contributed by atoms with Crippen LogP contribution in [-0.2, 0) is 48.2 Å². The molecular weight excluding hydrogens is 1280 g/mol. The third-order valence-corrected chi connectivity index (χ3v) is 23.4. The van der Waals surface area contributed by atoms with Gasteiger partial charge in [0.05, 0.1) is 51.3 Å². The van der Waals surface area contributed by atoms with E-state index in [1.54, 1.807) is 72.1 Å². The number of rotatable bonds is 38. The Bertz CT molecular complexity index is 3450. The summed E-state index contributed by atoms with van der Waals surface area (Å²) in [5.41, 5.74) is 4.82. The smallest absolute Gasteiger partial charge is 0.311 e. The predicted octanol–water partition coefficient (Wildman–Crippen LogP) is 14.5. The molecule has 6 aromatic rings. The first kappa shape index (κ1) is 77.0. The third kappa shape index (κ3) is 25.9. The molecule has 0 aliphatic rings. The van der Waals surface area contributed by atoms with Crippen LogP contribution in [0, 0.1) is 50.4 Å². The molecule has 6 rings (SSSR count). The van der Waals surface area contributed by atoms with Crippen LogP contribution in [0.5, 0.6) is 0 Å². The fraction of sp³-hybridized carbons (Fsp3) is 0.417. The van der Waals surface area contributed by atoms with Crippen molar-refractivity contribution >= 4 is 95.4 Å². The van der Waals surface area contributed by atoms with Crippen LogP contribution >= 0.6 is 40.7 Å². The highest BCUT2D eigenvalue weighted by molar-refractivity contribution is 8.00. The van der Waals surface area contributed by atoms with Crippen LogP contribution in [0.3, 0.4) is 0 Å². The van der Waals surface area contributed by atoms with Gasteiger partial charge in [0.1, 0.15) is 13.2 Å². The summed E-state index contributed by atoms with van der Waals surface area (Å²) in [5.74, 6) is -2.78. The summed E-state index contributed by atoms with van der Waals surface area (Å²) in [6, 6.07) is 42.0. The second-order valence-corrected chi connectivity index (χ2v) is 32.5. The van der Waals surface area contributed by atoms with Gasteiger partial charge in [-0.1, -0.05) is 119 Å². The van der Waals surface area contributed by atoms with Crippen LogP contribution in [0.1, 0.15) is 117 Å². The summed E-state index contributed by atoms with van der Waals surface area (Å²) in [6.07, 6.45) is 3.11. The first-order valence-electron chi connectivity index (χ1n) is 30.8. The van der Waals surface area contributed by atoms with Crippen molar-refractivity contribution in [2.45, 2.75) is 101 Å². The van der Waals surface area contributed by atoms with Crippen molar-refractivity contribution in [3.8, 4) is 0 Å². The highest BCUT2D eigenvalue weighted by atomic mass is 32.2. The fourth-order valence-electron chi connectivity index (χ4n) is 9.36. The van der Waals surface area contributed by atoms with E-state index in [2.05, 4.69) is 69.0 Å². The average molecular weight is 1370 g/mol. The van der Waals surface area contributed by atoms with E-state index in [1.165, 1.54) is 59.7 Å². The molecule has 0 radical (unpaired) electrons. The number of hydrogen-bond donors (Lipinski definition) is 0. The molecule has 0 bridgehead atoms. The quantitative estimate of drug-likeness (QED) is 0.0116. The first-order valence-corrected chi connectivity index (χ1v) is 39.5. The van der Waals surface area contributed by atoms with Gasteiger partial charge in [-0.3, -0.25) is 28.8 Å². The van der Waals surface area contributed by atoms with E-state index >= 15 is 0 Å². The Morgan fingerprint density at radius 3 is 1.04 bits per heavy atom. The van der Waals surface area contributed by atoms with Crippen molar-refractivity contribution in [2.75, 3.05) is 88.3 Å². The Hall–Kier alpha value is -5.68. The normalized spacial score (nSPS) is 12.1. The molecule has 20 heteroatoms. The molecule has 14 nitrogen and oxygen atoms in total. The van der Waals surface area contributed by atoms with Gasteiger partial charge in [0.2, 0.25) is 0 Å². The van der Waals surface area contributed by atoms with Gasteiger partial charge in [0.25, 0.3) is 0 Å². The zero-order valence-corrected chi connectivity index (χ0v) is 59.9. The van der Waals surface area contributed by atoms with E-state index in [0.717, 1.165) is 33.2 Å². The molecule has 0 saturated carbocycles. The Morgan fingerprint density at radius 1 is 0.413 bits per heavy atom. The minimum Gasteiger partial charge on any atom is -0.463 e. The molecule has 0 aliphatic carbocycles. The van der Waals surface area contributed by atoms with E-state index < -0.39 is 53.7 Å². The second-order valence-electron chi connectivity index (χ2n) is 24.1. The van der Waals surface area contributed by atoms with Gasteiger partial charge in [-0.05, 0) is 142 Å². The summed E-state index contributed by atoms with van der Waals surface area (Å²) in [7, 11) is -6.70. The predicted molar refractivity (Wildman–Crippen MR) is 375 cm³/mol. The van der Waals surface area contributed by atoms with E-state index in [0.29, 0.717) is 84.4 Å². The number of sulfone groups is 2. The molecule has 0 amide bonds. The van der Waals surface area contributed by atoms with Gasteiger partial charge in [-0.2, -0.15) is 0 Å². The summed E-state index contributed by atoms with van der Waals surface area (Å²) in [4.78, 5) is 79.5. The molecule has 0 saturated heterocycles. The summed E-state index contributed by atoms with van der Waals surface area (Å²) in [5, 5.41) is 0. The highest BCUT2D eigenvalue weighted by Gasteiger charge is 2.34. The van der Waals surface area contributed by atoms with Crippen LogP contribution in [0.4, 0.5) is 0 Å². The Balaban J connectivity index is 0.000000335. The molecule has 0 fully saturated rings. The van der Waals surface area contributed by atoms with Crippen molar-refractivity contribution in [3.05, 3.63) is 190 Å².